The Hall–Kier alpha value is -1.52. The van der Waals surface area contributed by atoms with Crippen molar-refractivity contribution >= 4 is 35.0 Å². The average molecular weight is 324 g/mol. The number of anilines is 1. The van der Waals surface area contributed by atoms with E-state index in [9.17, 15) is 9.18 Å². The number of hydrogen-bond acceptors (Lipinski definition) is 2. The number of rotatable bonds is 5. The van der Waals surface area contributed by atoms with E-state index in [1.807, 2.05) is 24.3 Å². The van der Waals surface area contributed by atoms with Crippen LogP contribution in [0.15, 0.2) is 47.4 Å². The minimum atomic E-state index is -0.306. The number of benzene rings is 2. The topological polar surface area (TPSA) is 29.1 Å². The van der Waals surface area contributed by atoms with Gasteiger partial charge in [0.2, 0.25) is 5.91 Å². The molecule has 0 saturated heterocycles. The molecule has 2 rings (SSSR count). The van der Waals surface area contributed by atoms with Gasteiger partial charge in [0.15, 0.2) is 0 Å². The Morgan fingerprint density at radius 2 is 2.05 bits per heavy atom. The average Bonchev–Trinajstić information content (AvgIpc) is 2.44. The Balaban J connectivity index is 1.84. The lowest BCUT2D eigenvalue weighted by Crippen LogP contribution is -2.13. The van der Waals surface area contributed by atoms with Gasteiger partial charge in [-0.2, -0.15) is 0 Å². The summed E-state index contributed by atoms with van der Waals surface area (Å²) < 4.78 is 13.0. The summed E-state index contributed by atoms with van der Waals surface area (Å²) in [6, 6.07) is 11.8. The first-order chi connectivity index (χ1) is 10.1. The first kappa shape index (κ1) is 15.9. The Labute approximate surface area is 132 Å². The molecule has 0 aliphatic heterocycles. The summed E-state index contributed by atoms with van der Waals surface area (Å²) in [5.74, 6) is 0.236. The molecule has 0 fully saturated rings. The quantitative estimate of drug-likeness (QED) is 0.792. The highest BCUT2D eigenvalue weighted by molar-refractivity contribution is 7.99. The third-order valence-corrected chi connectivity index (χ3v) is 4.40. The molecule has 1 amide bonds. The fourth-order valence-corrected chi connectivity index (χ4v) is 2.98. The van der Waals surface area contributed by atoms with Crippen LogP contribution < -0.4 is 5.32 Å². The van der Waals surface area contributed by atoms with E-state index < -0.39 is 0 Å². The highest BCUT2D eigenvalue weighted by atomic mass is 35.5. The predicted molar refractivity (Wildman–Crippen MR) is 86.6 cm³/mol. The molecule has 0 heterocycles. The maximum absolute atomic E-state index is 13.0. The fraction of sp³-hybridized carbons (Fsp3) is 0.188. The van der Waals surface area contributed by atoms with Gasteiger partial charge in [-0.3, -0.25) is 4.79 Å². The lowest BCUT2D eigenvalue weighted by Gasteiger charge is -2.08. The van der Waals surface area contributed by atoms with Crippen LogP contribution in [-0.2, 0) is 4.79 Å². The van der Waals surface area contributed by atoms with Crippen molar-refractivity contribution < 1.29 is 9.18 Å². The minimum absolute atomic E-state index is 0.0933. The molecule has 0 aliphatic carbocycles. The van der Waals surface area contributed by atoms with Gasteiger partial charge in [-0.1, -0.05) is 23.7 Å². The molecule has 0 atom stereocenters. The molecule has 5 heteroatoms. The standard InChI is InChI=1S/C16H15ClFNOS/c1-11-10-12(18)6-7-14(11)19-16(20)8-9-21-15-5-3-2-4-13(15)17/h2-7,10H,8-9H2,1H3,(H,19,20). The summed E-state index contributed by atoms with van der Waals surface area (Å²) in [4.78, 5) is 12.8. The van der Waals surface area contributed by atoms with Gasteiger partial charge < -0.3 is 5.32 Å². The zero-order valence-electron chi connectivity index (χ0n) is 11.5. The molecule has 1 N–H and O–H groups in total. The summed E-state index contributed by atoms with van der Waals surface area (Å²) in [7, 11) is 0. The lowest BCUT2D eigenvalue weighted by molar-refractivity contribution is -0.115. The number of nitrogens with one attached hydrogen (secondary N) is 1. The number of carbonyl (C=O) groups excluding carboxylic acids is 1. The minimum Gasteiger partial charge on any atom is -0.326 e. The number of thioether (sulfide) groups is 1. The maximum Gasteiger partial charge on any atom is 0.225 e. The van der Waals surface area contributed by atoms with Gasteiger partial charge in [0.05, 0.1) is 5.02 Å². The molecule has 0 saturated carbocycles. The van der Waals surface area contributed by atoms with Crippen LogP contribution in [0, 0.1) is 12.7 Å². The molecule has 0 bridgehead atoms. The summed E-state index contributed by atoms with van der Waals surface area (Å²) in [6.45, 7) is 1.76. The highest BCUT2D eigenvalue weighted by Gasteiger charge is 2.07. The van der Waals surface area contributed by atoms with Gasteiger partial charge in [0, 0.05) is 22.8 Å². The second-order valence-corrected chi connectivity index (χ2v) is 6.08. The molecular formula is C16H15ClFNOS. The van der Waals surface area contributed by atoms with E-state index in [0.29, 0.717) is 28.4 Å². The zero-order valence-corrected chi connectivity index (χ0v) is 13.1. The van der Waals surface area contributed by atoms with Crippen molar-refractivity contribution in [1.82, 2.24) is 0 Å². The van der Waals surface area contributed by atoms with E-state index in [1.54, 1.807) is 13.0 Å². The molecule has 2 aromatic rings. The summed E-state index contributed by atoms with van der Waals surface area (Å²) in [6.07, 6.45) is 0.368. The van der Waals surface area contributed by atoms with Crippen LogP contribution >= 0.6 is 23.4 Å². The van der Waals surface area contributed by atoms with Crippen LogP contribution in [-0.4, -0.2) is 11.7 Å². The van der Waals surface area contributed by atoms with Crippen LogP contribution in [0.25, 0.3) is 0 Å². The Bertz CT molecular complexity index is 648. The van der Waals surface area contributed by atoms with Crippen LogP contribution in [0.1, 0.15) is 12.0 Å². The van der Waals surface area contributed by atoms with Gasteiger partial charge >= 0.3 is 0 Å². The van der Waals surface area contributed by atoms with Crippen LogP contribution in [0.5, 0.6) is 0 Å². The molecule has 2 nitrogen and oxygen atoms in total. The molecule has 0 spiro atoms. The van der Waals surface area contributed by atoms with Crippen molar-refractivity contribution in [2.24, 2.45) is 0 Å². The van der Waals surface area contributed by atoms with Gasteiger partial charge in [0.1, 0.15) is 5.82 Å². The van der Waals surface area contributed by atoms with Crippen LogP contribution in [0.2, 0.25) is 5.02 Å². The number of carbonyl (C=O) groups is 1. The van der Waals surface area contributed by atoms with E-state index in [1.165, 1.54) is 23.9 Å². The van der Waals surface area contributed by atoms with Crippen LogP contribution in [0.3, 0.4) is 0 Å². The van der Waals surface area contributed by atoms with Gasteiger partial charge in [-0.15, -0.1) is 11.8 Å². The van der Waals surface area contributed by atoms with E-state index in [4.69, 9.17) is 11.6 Å². The first-order valence-electron chi connectivity index (χ1n) is 6.49. The van der Waals surface area contributed by atoms with Crippen molar-refractivity contribution in [1.29, 1.82) is 0 Å². The molecule has 0 aliphatic rings. The molecule has 21 heavy (non-hydrogen) atoms. The Morgan fingerprint density at radius 3 is 2.76 bits per heavy atom. The Morgan fingerprint density at radius 1 is 1.29 bits per heavy atom. The smallest absolute Gasteiger partial charge is 0.225 e. The lowest BCUT2D eigenvalue weighted by atomic mass is 10.2. The number of amides is 1. The Kier molecular flexibility index (Phi) is 5.65. The predicted octanol–water partition coefficient (Wildman–Crippen LogP) is 4.91. The zero-order chi connectivity index (χ0) is 15.2. The van der Waals surface area contributed by atoms with Crippen molar-refractivity contribution in [2.75, 3.05) is 11.1 Å². The van der Waals surface area contributed by atoms with E-state index >= 15 is 0 Å². The van der Waals surface area contributed by atoms with Crippen molar-refractivity contribution in [2.45, 2.75) is 18.2 Å². The van der Waals surface area contributed by atoms with Crippen molar-refractivity contribution in [3.05, 3.63) is 58.9 Å². The fourth-order valence-electron chi connectivity index (χ4n) is 1.80. The van der Waals surface area contributed by atoms with Gasteiger partial charge in [0.25, 0.3) is 0 Å². The van der Waals surface area contributed by atoms with Crippen molar-refractivity contribution in [3.8, 4) is 0 Å². The highest BCUT2D eigenvalue weighted by Crippen LogP contribution is 2.27. The first-order valence-corrected chi connectivity index (χ1v) is 7.86. The third kappa shape index (κ3) is 4.76. The summed E-state index contributed by atoms with van der Waals surface area (Å²) in [5, 5.41) is 3.48. The summed E-state index contributed by atoms with van der Waals surface area (Å²) in [5.41, 5.74) is 1.35. The van der Waals surface area contributed by atoms with E-state index in [2.05, 4.69) is 5.32 Å². The van der Waals surface area contributed by atoms with E-state index in [0.717, 1.165) is 4.90 Å². The largest absolute Gasteiger partial charge is 0.326 e. The maximum atomic E-state index is 13.0. The number of hydrogen-bond donors (Lipinski definition) is 1. The molecule has 0 radical (unpaired) electrons. The van der Waals surface area contributed by atoms with Crippen molar-refractivity contribution in [3.63, 3.8) is 0 Å². The molecule has 0 aromatic heterocycles. The monoisotopic (exact) mass is 323 g/mol. The molecule has 2 aromatic carbocycles. The molecular weight excluding hydrogens is 309 g/mol. The molecule has 110 valence electrons. The number of aryl methyl sites for hydroxylation is 1. The van der Waals surface area contributed by atoms with Crippen LogP contribution in [0.4, 0.5) is 10.1 Å². The van der Waals surface area contributed by atoms with E-state index in [-0.39, 0.29) is 11.7 Å². The second kappa shape index (κ2) is 7.48. The SMILES string of the molecule is Cc1cc(F)ccc1NC(=O)CCSc1ccccc1Cl. The molecule has 0 unspecified atom stereocenters. The number of halogens is 2. The summed E-state index contributed by atoms with van der Waals surface area (Å²) >= 11 is 7.59. The second-order valence-electron chi connectivity index (χ2n) is 4.54. The third-order valence-electron chi connectivity index (χ3n) is 2.89. The van der Waals surface area contributed by atoms with Gasteiger partial charge in [-0.25, -0.2) is 4.39 Å². The van der Waals surface area contributed by atoms with Gasteiger partial charge in [-0.05, 0) is 42.8 Å². The normalized spacial score (nSPS) is 10.4.